The zero-order chi connectivity index (χ0) is 19.9. The topological polar surface area (TPSA) is 125 Å². The first-order chi connectivity index (χ1) is 13.6. The minimum Gasteiger partial charge on any atom is -0.494 e. The third-order valence-electron chi connectivity index (χ3n) is 3.53. The lowest BCUT2D eigenvalue weighted by Gasteiger charge is -2.08. The third kappa shape index (κ3) is 4.62. The lowest BCUT2D eigenvalue weighted by molar-refractivity contribution is -0.384. The molecule has 3 aromatic rings. The molecule has 2 aromatic carbocycles. The molecule has 0 unspecified atom stereocenters. The second-order valence-electron chi connectivity index (χ2n) is 5.41. The summed E-state index contributed by atoms with van der Waals surface area (Å²) in [5, 5.41) is 25.7. The molecule has 0 aliphatic carbocycles. The summed E-state index contributed by atoms with van der Waals surface area (Å²) in [4.78, 5) is 23.0. The highest BCUT2D eigenvalue weighted by Gasteiger charge is 2.18. The van der Waals surface area contributed by atoms with Gasteiger partial charge in [-0.05, 0) is 41.6 Å². The molecule has 1 heterocycles. The second-order valence-corrected chi connectivity index (χ2v) is 6.36. The molecule has 0 saturated heterocycles. The molecule has 28 heavy (non-hydrogen) atoms. The van der Waals surface area contributed by atoms with Gasteiger partial charge >= 0.3 is 0 Å². The fraction of sp³-hybridized carbons (Fsp3) is 0.176. The van der Waals surface area contributed by atoms with Gasteiger partial charge < -0.3 is 10.1 Å². The van der Waals surface area contributed by atoms with Crippen molar-refractivity contribution >= 4 is 29.0 Å². The van der Waals surface area contributed by atoms with Crippen molar-refractivity contribution in [3.63, 3.8) is 0 Å². The van der Waals surface area contributed by atoms with E-state index in [1.165, 1.54) is 16.8 Å². The first-order valence-electron chi connectivity index (χ1n) is 8.26. The van der Waals surface area contributed by atoms with Crippen molar-refractivity contribution in [2.24, 2.45) is 0 Å². The Labute approximate surface area is 164 Å². The largest absolute Gasteiger partial charge is 0.494 e. The smallest absolute Gasteiger partial charge is 0.296 e. The maximum absolute atomic E-state index is 12.3. The van der Waals surface area contributed by atoms with E-state index in [1.54, 1.807) is 13.0 Å². The molecule has 3 rings (SSSR count). The van der Waals surface area contributed by atoms with Gasteiger partial charge in [-0.25, -0.2) is 0 Å². The van der Waals surface area contributed by atoms with Gasteiger partial charge in [-0.1, -0.05) is 30.0 Å². The Balaban J connectivity index is 1.67. The first-order valence-corrected chi connectivity index (χ1v) is 9.24. The summed E-state index contributed by atoms with van der Waals surface area (Å²) in [5.41, 5.74) is 0.623. The van der Waals surface area contributed by atoms with Crippen LogP contribution in [0.1, 0.15) is 6.92 Å². The van der Waals surface area contributed by atoms with Crippen LogP contribution in [-0.2, 0) is 4.79 Å². The Morgan fingerprint density at radius 1 is 1.29 bits per heavy atom. The Kier molecular flexibility index (Phi) is 6.17. The van der Waals surface area contributed by atoms with Crippen LogP contribution in [0.4, 0.5) is 11.4 Å². The van der Waals surface area contributed by atoms with Crippen molar-refractivity contribution < 1.29 is 14.5 Å². The molecule has 0 fully saturated rings. The summed E-state index contributed by atoms with van der Waals surface area (Å²) in [6, 6.07) is 13.5. The molecule has 10 nitrogen and oxygen atoms in total. The lowest BCUT2D eigenvalue weighted by atomic mass is 10.2. The monoisotopic (exact) mass is 400 g/mol. The summed E-state index contributed by atoms with van der Waals surface area (Å²) in [7, 11) is 0. The summed E-state index contributed by atoms with van der Waals surface area (Å²) >= 11 is 1.12. The van der Waals surface area contributed by atoms with Gasteiger partial charge in [0.15, 0.2) is 0 Å². The fourth-order valence-electron chi connectivity index (χ4n) is 2.34. The van der Waals surface area contributed by atoms with E-state index in [9.17, 15) is 14.9 Å². The molecule has 0 aliphatic heterocycles. The van der Waals surface area contributed by atoms with Gasteiger partial charge in [0.25, 0.3) is 5.69 Å². The third-order valence-corrected chi connectivity index (χ3v) is 4.44. The summed E-state index contributed by atoms with van der Waals surface area (Å²) in [5.74, 6) is -0.0686. The maximum atomic E-state index is 12.3. The number of tetrazole rings is 1. The van der Waals surface area contributed by atoms with Gasteiger partial charge in [-0.15, -0.1) is 5.10 Å². The van der Waals surface area contributed by atoms with Crippen molar-refractivity contribution in [1.29, 1.82) is 0 Å². The summed E-state index contributed by atoms with van der Waals surface area (Å²) in [6.07, 6.45) is 0. The van der Waals surface area contributed by atoms with Crippen molar-refractivity contribution in [2.45, 2.75) is 12.1 Å². The molecule has 144 valence electrons. The SMILES string of the molecule is CCOc1ccc(NC(=O)CSc2nnnn2-c2ccccc2)c([N+](=O)[O-])c1. The van der Waals surface area contributed by atoms with Crippen molar-refractivity contribution in [1.82, 2.24) is 20.2 Å². The normalized spacial score (nSPS) is 10.5. The van der Waals surface area contributed by atoms with Gasteiger partial charge in [0.2, 0.25) is 11.1 Å². The molecule has 0 atom stereocenters. The number of rotatable bonds is 8. The van der Waals surface area contributed by atoms with Gasteiger partial charge in [0, 0.05) is 0 Å². The Morgan fingerprint density at radius 2 is 2.07 bits per heavy atom. The number of benzene rings is 2. The lowest BCUT2D eigenvalue weighted by Crippen LogP contribution is -2.15. The molecule has 0 radical (unpaired) electrons. The van der Waals surface area contributed by atoms with Crippen LogP contribution in [0.25, 0.3) is 5.69 Å². The Hall–Kier alpha value is -3.47. The van der Waals surface area contributed by atoms with E-state index in [1.807, 2.05) is 30.3 Å². The number of nitrogens with zero attached hydrogens (tertiary/aromatic N) is 5. The highest BCUT2D eigenvalue weighted by Crippen LogP contribution is 2.29. The van der Waals surface area contributed by atoms with Crippen LogP contribution in [0.3, 0.4) is 0 Å². The van der Waals surface area contributed by atoms with Gasteiger partial charge in [-0.3, -0.25) is 14.9 Å². The zero-order valence-electron chi connectivity index (χ0n) is 14.8. The van der Waals surface area contributed by atoms with Crippen LogP contribution in [0.15, 0.2) is 53.7 Å². The van der Waals surface area contributed by atoms with E-state index >= 15 is 0 Å². The van der Waals surface area contributed by atoms with E-state index in [-0.39, 0.29) is 17.1 Å². The van der Waals surface area contributed by atoms with Crippen molar-refractivity contribution in [2.75, 3.05) is 17.7 Å². The molecule has 11 heteroatoms. The molecule has 0 aliphatic rings. The van der Waals surface area contributed by atoms with Crippen LogP contribution in [0.5, 0.6) is 5.75 Å². The van der Waals surface area contributed by atoms with Crippen molar-refractivity contribution in [3.05, 3.63) is 58.6 Å². The highest BCUT2D eigenvalue weighted by molar-refractivity contribution is 7.99. The van der Waals surface area contributed by atoms with Gasteiger partial charge in [0.1, 0.15) is 11.4 Å². The van der Waals surface area contributed by atoms with E-state index in [0.29, 0.717) is 17.5 Å². The van der Waals surface area contributed by atoms with Crippen LogP contribution < -0.4 is 10.1 Å². The van der Waals surface area contributed by atoms with E-state index in [0.717, 1.165) is 17.4 Å². The van der Waals surface area contributed by atoms with E-state index < -0.39 is 10.8 Å². The predicted molar refractivity (Wildman–Crippen MR) is 103 cm³/mol. The Bertz CT molecular complexity index is 979. The maximum Gasteiger partial charge on any atom is 0.296 e. The quantitative estimate of drug-likeness (QED) is 0.348. The van der Waals surface area contributed by atoms with E-state index in [2.05, 4.69) is 20.8 Å². The number of nitro groups is 1. The molecule has 1 aromatic heterocycles. The number of carbonyl (C=O) groups is 1. The minimum absolute atomic E-state index is 0.0163. The number of nitrogens with one attached hydrogen (secondary N) is 1. The highest BCUT2D eigenvalue weighted by atomic mass is 32.2. The molecular weight excluding hydrogens is 384 g/mol. The van der Waals surface area contributed by atoms with Gasteiger partial charge in [-0.2, -0.15) is 4.68 Å². The summed E-state index contributed by atoms with van der Waals surface area (Å²) in [6.45, 7) is 2.16. The number of hydrogen-bond donors (Lipinski definition) is 1. The number of aromatic nitrogens is 4. The number of thioether (sulfide) groups is 1. The zero-order valence-corrected chi connectivity index (χ0v) is 15.6. The molecular formula is C17H16N6O4S. The second kappa shape index (κ2) is 8.95. The van der Waals surface area contributed by atoms with Crippen LogP contribution in [0, 0.1) is 10.1 Å². The number of hydrogen-bond acceptors (Lipinski definition) is 8. The number of nitro benzene ring substituents is 1. The average molecular weight is 400 g/mol. The first kappa shape index (κ1) is 19.3. The molecule has 1 amide bonds. The summed E-state index contributed by atoms with van der Waals surface area (Å²) < 4.78 is 6.77. The van der Waals surface area contributed by atoms with Crippen molar-refractivity contribution in [3.8, 4) is 11.4 Å². The predicted octanol–water partition coefficient (Wildman–Crippen LogP) is 2.70. The van der Waals surface area contributed by atoms with Crippen LogP contribution in [0.2, 0.25) is 0 Å². The van der Waals surface area contributed by atoms with Crippen LogP contribution >= 0.6 is 11.8 Å². The number of carbonyl (C=O) groups excluding carboxylic acids is 1. The molecule has 0 spiro atoms. The number of amides is 1. The molecule has 1 N–H and O–H groups in total. The fourth-order valence-corrected chi connectivity index (χ4v) is 3.03. The molecule has 0 saturated carbocycles. The standard InChI is InChI=1S/C17H16N6O4S/c1-2-27-13-8-9-14(15(10-13)23(25)26)18-16(24)11-28-17-19-20-21-22(17)12-6-4-3-5-7-12/h3-10H,2,11H2,1H3,(H,18,24). The number of anilines is 1. The van der Waals surface area contributed by atoms with Gasteiger partial charge in [0.05, 0.1) is 29.0 Å². The minimum atomic E-state index is -0.568. The average Bonchev–Trinajstić information content (AvgIpc) is 3.17. The van der Waals surface area contributed by atoms with E-state index in [4.69, 9.17) is 4.74 Å². The molecule has 0 bridgehead atoms. The number of ether oxygens (including phenoxy) is 1. The van der Waals surface area contributed by atoms with Crippen LogP contribution in [-0.4, -0.2) is 43.4 Å². The number of para-hydroxylation sites is 1. The Morgan fingerprint density at radius 3 is 2.79 bits per heavy atom.